The molecule has 160 valence electrons. The maximum atomic E-state index is 7.00. The average molecular weight is 379 g/mol. The van der Waals surface area contributed by atoms with Gasteiger partial charge in [-0.2, -0.15) is 0 Å². The van der Waals surface area contributed by atoms with Crippen LogP contribution >= 0.6 is 0 Å². The monoisotopic (exact) mass is 378 g/mol. The summed E-state index contributed by atoms with van der Waals surface area (Å²) < 4.78 is 0. The lowest BCUT2D eigenvalue weighted by molar-refractivity contribution is -0.0975. The van der Waals surface area contributed by atoms with E-state index in [0.29, 0.717) is 10.8 Å². The maximum Gasteiger partial charge on any atom is 0.0319 e. The van der Waals surface area contributed by atoms with Crippen LogP contribution in [-0.4, -0.2) is 12.2 Å². The van der Waals surface area contributed by atoms with Gasteiger partial charge < -0.3 is 5.11 Å². The summed E-state index contributed by atoms with van der Waals surface area (Å²) in [5.74, 6) is 4.78. The van der Waals surface area contributed by atoms with Crippen LogP contribution in [0.1, 0.15) is 106 Å². The summed E-state index contributed by atoms with van der Waals surface area (Å²) in [4.78, 5) is 0. The first-order valence-electron chi connectivity index (χ1n) is 12.0. The van der Waals surface area contributed by atoms with E-state index in [1.165, 1.54) is 63.4 Å². The lowest BCUT2D eigenvalue weighted by Crippen LogP contribution is -2.51. The minimum absolute atomic E-state index is 0.569. The minimum Gasteiger partial charge on any atom is -0.400 e. The van der Waals surface area contributed by atoms with Crippen LogP contribution in [0.2, 0.25) is 0 Å². The summed E-state index contributed by atoms with van der Waals surface area (Å²) >= 11 is 0. The second-order valence-electron chi connectivity index (χ2n) is 9.84. The lowest BCUT2D eigenvalue weighted by Gasteiger charge is -2.59. The van der Waals surface area contributed by atoms with Crippen LogP contribution in [0.25, 0.3) is 0 Å². The van der Waals surface area contributed by atoms with Crippen molar-refractivity contribution >= 4 is 0 Å². The van der Waals surface area contributed by atoms with E-state index in [1.54, 1.807) is 0 Å². The summed E-state index contributed by atoms with van der Waals surface area (Å²) in [6, 6.07) is 0. The van der Waals surface area contributed by atoms with Crippen molar-refractivity contribution in [3.63, 3.8) is 0 Å². The summed E-state index contributed by atoms with van der Waals surface area (Å²) in [6.07, 6.45) is 13.1. The molecular weight excluding hydrogens is 328 g/mol. The third-order valence-electron chi connectivity index (χ3n) is 8.94. The topological polar surface area (TPSA) is 20.2 Å². The average Bonchev–Trinajstić information content (AvgIpc) is 3.03. The Bertz CT molecular complexity index is 455. The van der Waals surface area contributed by atoms with Crippen LogP contribution in [0.5, 0.6) is 0 Å². The molecule has 1 nitrogen and oxygen atoms in total. The molecule has 7 atom stereocenters. The standard InChI is InChI=1S/C23H40.C2H6.CH4O/c1-7-14-22(5)17(8-2)9-10-18-20-12-11-19(16(3)4)23(20,6)15-13-21(18)22;2*1-2/h17-21H,3,7-15H2,1-2,4-6H3;1-2H3;2H,1H3. The molecule has 3 aliphatic rings. The third kappa shape index (κ3) is 4.34. The molecule has 0 heterocycles. The fraction of sp³-hybridized carbons (Fsp3) is 0.923. The highest BCUT2D eigenvalue weighted by Gasteiger charge is 2.58. The molecule has 3 saturated carbocycles. The van der Waals surface area contributed by atoms with Crippen LogP contribution < -0.4 is 0 Å². The minimum atomic E-state index is 0.569. The summed E-state index contributed by atoms with van der Waals surface area (Å²) in [5.41, 5.74) is 2.65. The summed E-state index contributed by atoms with van der Waals surface area (Å²) in [7, 11) is 1.00. The number of aliphatic hydroxyl groups is 1. The van der Waals surface area contributed by atoms with Crippen molar-refractivity contribution < 1.29 is 5.11 Å². The molecule has 7 unspecified atom stereocenters. The predicted molar refractivity (Wildman–Crippen MR) is 121 cm³/mol. The van der Waals surface area contributed by atoms with Crippen molar-refractivity contribution in [2.24, 2.45) is 40.4 Å². The zero-order chi connectivity index (χ0) is 20.8. The molecule has 0 aromatic rings. The van der Waals surface area contributed by atoms with Gasteiger partial charge in [-0.3, -0.25) is 0 Å². The van der Waals surface area contributed by atoms with Crippen molar-refractivity contribution in [1.82, 2.24) is 0 Å². The molecular formula is C26H50O. The van der Waals surface area contributed by atoms with Gasteiger partial charge in [0.1, 0.15) is 0 Å². The molecule has 27 heavy (non-hydrogen) atoms. The van der Waals surface area contributed by atoms with Crippen LogP contribution in [0.3, 0.4) is 0 Å². The maximum absolute atomic E-state index is 7.00. The Balaban J connectivity index is 0.000000855. The second kappa shape index (κ2) is 10.5. The quantitative estimate of drug-likeness (QED) is 0.493. The Morgan fingerprint density at radius 2 is 1.59 bits per heavy atom. The zero-order valence-electron chi connectivity index (χ0n) is 19.9. The Kier molecular flexibility index (Phi) is 9.59. The SMILES string of the molecule is C=C(C)C1CCC2C3CCC(CC)C(C)(CCC)C3CCC12C.CC.CO. The first kappa shape index (κ1) is 24.7. The molecule has 0 aromatic carbocycles. The molecule has 3 fully saturated rings. The molecule has 1 N–H and O–H groups in total. The molecule has 0 radical (unpaired) electrons. The molecule has 1 heteroatoms. The van der Waals surface area contributed by atoms with Crippen molar-refractivity contribution in [3.8, 4) is 0 Å². The molecule has 0 aliphatic heterocycles. The Hall–Kier alpha value is -0.300. The Labute approximate surface area is 171 Å². The van der Waals surface area contributed by atoms with Crippen LogP contribution in [0, 0.1) is 40.4 Å². The predicted octanol–water partition coefficient (Wildman–Crippen LogP) is 7.88. The summed E-state index contributed by atoms with van der Waals surface area (Å²) in [5, 5.41) is 7.00. The van der Waals surface area contributed by atoms with Gasteiger partial charge in [-0.1, -0.05) is 66.5 Å². The van der Waals surface area contributed by atoms with E-state index in [-0.39, 0.29) is 0 Å². The number of hydrogen-bond donors (Lipinski definition) is 1. The molecule has 3 aliphatic carbocycles. The largest absolute Gasteiger partial charge is 0.400 e. The van der Waals surface area contributed by atoms with E-state index in [4.69, 9.17) is 5.11 Å². The van der Waals surface area contributed by atoms with Crippen molar-refractivity contribution in [2.75, 3.05) is 7.11 Å². The van der Waals surface area contributed by atoms with E-state index in [9.17, 15) is 0 Å². The van der Waals surface area contributed by atoms with Crippen molar-refractivity contribution in [2.45, 2.75) is 106 Å². The van der Waals surface area contributed by atoms with Gasteiger partial charge in [0.25, 0.3) is 0 Å². The van der Waals surface area contributed by atoms with Crippen LogP contribution in [-0.2, 0) is 0 Å². The molecule has 3 rings (SSSR count). The van der Waals surface area contributed by atoms with Gasteiger partial charge in [-0.25, -0.2) is 0 Å². The fourth-order valence-electron chi connectivity index (χ4n) is 7.94. The van der Waals surface area contributed by atoms with Crippen LogP contribution in [0.15, 0.2) is 12.2 Å². The number of allylic oxidation sites excluding steroid dienone is 1. The van der Waals surface area contributed by atoms with Crippen molar-refractivity contribution in [1.29, 1.82) is 0 Å². The number of rotatable bonds is 4. The lowest BCUT2D eigenvalue weighted by atomic mass is 9.46. The van der Waals surface area contributed by atoms with Crippen molar-refractivity contribution in [3.05, 3.63) is 12.2 Å². The number of aliphatic hydroxyl groups excluding tert-OH is 1. The van der Waals surface area contributed by atoms with E-state index < -0.39 is 0 Å². The van der Waals surface area contributed by atoms with Gasteiger partial charge in [-0.15, -0.1) is 0 Å². The smallest absolute Gasteiger partial charge is 0.0319 e. The second-order valence-corrected chi connectivity index (χ2v) is 9.84. The van der Waals surface area contributed by atoms with Gasteiger partial charge in [0, 0.05) is 7.11 Å². The molecule has 0 saturated heterocycles. The van der Waals surface area contributed by atoms with E-state index in [0.717, 1.165) is 36.7 Å². The van der Waals surface area contributed by atoms with Gasteiger partial charge >= 0.3 is 0 Å². The van der Waals surface area contributed by atoms with Gasteiger partial charge in [0.15, 0.2) is 0 Å². The molecule has 0 amide bonds. The summed E-state index contributed by atoms with van der Waals surface area (Å²) in [6.45, 7) is 20.8. The molecule has 0 spiro atoms. The van der Waals surface area contributed by atoms with Gasteiger partial charge in [0.05, 0.1) is 0 Å². The first-order chi connectivity index (χ1) is 12.9. The number of fused-ring (bicyclic) bond motifs is 3. The van der Waals surface area contributed by atoms with Gasteiger partial charge in [0.2, 0.25) is 0 Å². The third-order valence-corrected chi connectivity index (χ3v) is 8.94. The fourth-order valence-corrected chi connectivity index (χ4v) is 7.94. The van der Waals surface area contributed by atoms with E-state index >= 15 is 0 Å². The molecule has 0 bridgehead atoms. The first-order valence-corrected chi connectivity index (χ1v) is 12.0. The zero-order valence-corrected chi connectivity index (χ0v) is 19.9. The van der Waals surface area contributed by atoms with E-state index in [1.807, 2.05) is 13.8 Å². The number of hydrogen-bond acceptors (Lipinski definition) is 1. The highest BCUT2D eigenvalue weighted by Crippen LogP contribution is 2.67. The van der Waals surface area contributed by atoms with Gasteiger partial charge in [-0.05, 0) is 92.3 Å². The highest BCUT2D eigenvalue weighted by molar-refractivity contribution is 5.14. The Morgan fingerprint density at radius 3 is 2.11 bits per heavy atom. The Morgan fingerprint density at radius 1 is 0.963 bits per heavy atom. The molecule has 0 aromatic heterocycles. The van der Waals surface area contributed by atoms with E-state index in [2.05, 4.69) is 41.2 Å². The highest BCUT2D eigenvalue weighted by atomic mass is 16.2. The van der Waals surface area contributed by atoms with Crippen LogP contribution in [0.4, 0.5) is 0 Å². The normalized spacial score (nSPS) is 42.6.